The minimum absolute atomic E-state index is 0.00699. The first-order chi connectivity index (χ1) is 13.6. The smallest absolute Gasteiger partial charge is 0.288 e. The molecule has 1 amide bonds. The highest BCUT2D eigenvalue weighted by Crippen LogP contribution is 2.23. The van der Waals surface area contributed by atoms with Crippen molar-refractivity contribution in [2.24, 2.45) is 5.92 Å². The Morgan fingerprint density at radius 3 is 2.93 bits per heavy atom. The van der Waals surface area contributed by atoms with Crippen LogP contribution in [0.15, 0.2) is 40.3 Å². The van der Waals surface area contributed by atoms with Gasteiger partial charge in [0, 0.05) is 41.2 Å². The number of hydrogen-bond donors (Lipinski definition) is 1. The maximum Gasteiger partial charge on any atom is 0.288 e. The number of thiazole rings is 1. The lowest BCUT2D eigenvalue weighted by Crippen LogP contribution is -2.39. The van der Waals surface area contributed by atoms with Crippen LogP contribution in [0.1, 0.15) is 12.8 Å². The van der Waals surface area contributed by atoms with E-state index in [9.17, 15) is 4.79 Å². The van der Waals surface area contributed by atoms with Gasteiger partial charge in [0.25, 0.3) is 4.84 Å². The third kappa shape index (κ3) is 4.49. The molecular formula is C18H18ClN5O2S2. The average molecular weight is 436 g/mol. The first-order valence-electron chi connectivity index (χ1n) is 8.85. The first kappa shape index (κ1) is 19.3. The molecule has 2 aromatic heterocycles. The first-order valence-corrected chi connectivity index (χ1v) is 10.5. The minimum Gasteiger partial charge on any atom is -0.409 e. The van der Waals surface area contributed by atoms with Crippen molar-refractivity contribution in [1.82, 2.24) is 19.7 Å². The van der Waals surface area contributed by atoms with Crippen LogP contribution >= 0.6 is 35.2 Å². The van der Waals surface area contributed by atoms with Crippen LogP contribution in [0.4, 0.5) is 5.13 Å². The van der Waals surface area contributed by atoms with Crippen molar-refractivity contribution >= 4 is 46.2 Å². The molecule has 146 valence electrons. The molecule has 0 atom stereocenters. The summed E-state index contributed by atoms with van der Waals surface area (Å²) < 4.78 is 7.29. The van der Waals surface area contributed by atoms with E-state index in [1.165, 1.54) is 11.3 Å². The number of likely N-dealkylation sites (tertiary alicyclic amines) is 1. The second-order valence-corrected chi connectivity index (χ2v) is 8.22. The van der Waals surface area contributed by atoms with E-state index in [1.54, 1.807) is 23.0 Å². The van der Waals surface area contributed by atoms with E-state index in [1.807, 2.05) is 17.5 Å². The van der Waals surface area contributed by atoms with Crippen molar-refractivity contribution < 1.29 is 9.21 Å². The number of halogens is 1. The number of aromatic nitrogens is 3. The Hall–Kier alpha value is -2.07. The van der Waals surface area contributed by atoms with Gasteiger partial charge in [-0.2, -0.15) is 0 Å². The van der Waals surface area contributed by atoms with Crippen LogP contribution in [0.3, 0.4) is 0 Å². The van der Waals surface area contributed by atoms with Crippen molar-refractivity contribution in [3.05, 3.63) is 45.7 Å². The Morgan fingerprint density at radius 2 is 2.21 bits per heavy atom. The molecule has 1 N–H and O–H groups in total. The van der Waals surface area contributed by atoms with E-state index in [-0.39, 0.29) is 11.8 Å². The lowest BCUT2D eigenvalue weighted by Gasteiger charge is -2.30. The molecule has 3 heterocycles. The van der Waals surface area contributed by atoms with Gasteiger partial charge in [-0.15, -0.1) is 16.4 Å². The normalized spacial score (nSPS) is 15.6. The van der Waals surface area contributed by atoms with Gasteiger partial charge in [-0.05, 0) is 43.3 Å². The molecule has 10 heteroatoms. The number of carbonyl (C=O) groups is 1. The molecule has 0 unspecified atom stereocenters. The molecule has 0 saturated carbocycles. The highest BCUT2D eigenvalue weighted by molar-refractivity contribution is 7.71. The molecule has 1 saturated heterocycles. The van der Waals surface area contributed by atoms with E-state index in [2.05, 4.69) is 20.3 Å². The molecule has 1 fully saturated rings. The zero-order valence-corrected chi connectivity index (χ0v) is 17.3. The molecule has 0 spiro atoms. The summed E-state index contributed by atoms with van der Waals surface area (Å²) in [5.74, 6) is 0.480. The molecule has 3 aromatic rings. The molecule has 1 aliphatic heterocycles. The van der Waals surface area contributed by atoms with Crippen LogP contribution in [0.2, 0.25) is 5.02 Å². The number of amides is 1. The average Bonchev–Trinajstić information content (AvgIpc) is 3.32. The summed E-state index contributed by atoms with van der Waals surface area (Å²) in [7, 11) is 0. The van der Waals surface area contributed by atoms with E-state index in [4.69, 9.17) is 28.2 Å². The lowest BCUT2D eigenvalue weighted by molar-refractivity contribution is -0.121. The third-order valence-electron chi connectivity index (χ3n) is 4.63. The Bertz CT molecular complexity index is 1010. The fraction of sp³-hybridized carbons (Fsp3) is 0.333. The van der Waals surface area contributed by atoms with Crippen molar-refractivity contribution in [3.8, 4) is 11.5 Å². The molecule has 0 radical (unpaired) electrons. The number of carbonyl (C=O) groups excluding carboxylic acids is 1. The molecule has 1 aliphatic rings. The topological polar surface area (TPSA) is 76.2 Å². The molecule has 28 heavy (non-hydrogen) atoms. The summed E-state index contributed by atoms with van der Waals surface area (Å²) in [6, 6.07) is 7.31. The fourth-order valence-electron chi connectivity index (χ4n) is 3.15. The van der Waals surface area contributed by atoms with Crippen molar-refractivity contribution in [1.29, 1.82) is 0 Å². The van der Waals surface area contributed by atoms with Crippen molar-refractivity contribution in [2.45, 2.75) is 19.5 Å². The van der Waals surface area contributed by atoms with Gasteiger partial charge in [0.2, 0.25) is 11.8 Å². The Balaban J connectivity index is 1.35. The summed E-state index contributed by atoms with van der Waals surface area (Å²) in [6.07, 6.45) is 3.25. The summed E-state index contributed by atoms with van der Waals surface area (Å²) >= 11 is 12.8. The predicted octanol–water partition coefficient (Wildman–Crippen LogP) is 4.29. The van der Waals surface area contributed by atoms with Gasteiger partial charge in [-0.1, -0.05) is 17.7 Å². The number of nitrogens with zero attached hydrogens (tertiary/aromatic N) is 4. The van der Waals surface area contributed by atoms with Crippen molar-refractivity contribution in [2.75, 3.05) is 18.4 Å². The Labute approximate surface area is 175 Å². The lowest BCUT2D eigenvalue weighted by atomic mass is 9.96. The van der Waals surface area contributed by atoms with Crippen molar-refractivity contribution in [3.63, 3.8) is 0 Å². The molecule has 7 nitrogen and oxygen atoms in total. The highest BCUT2D eigenvalue weighted by atomic mass is 35.5. The maximum atomic E-state index is 12.3. The standard InChI is InChI=1S/C18H18ClN5O2S2/c19-14-3-1-2-13(10-14)16-22-24(18(27)26-16)11-23-7-4-12(5-8-23)15(25)21-17-20-6-9-28-17/h1-3,6,9-10,12H,4-5,7-8,11H2,(H,20,21,25). The Kier molecular flexibility index (Phi) is 5.86. The SMILES string of the molecule is O=C(Nc1nccs1)C1CCN(Cn2nc(-c3cccc(Cl)c3)oc2=S)CC1. The second kappa shape index (κ2) is 8.52. The number of piperidine rings is 1. The maximum absolute atomic E-state index is 12.3. The third-order valence-corrected chi connectivity index (χ3v) is 5.85. The zero-order chi connectivity index (χ0) is 19.5. The van der Waals surface area contributed by atoms with Crippen LogP contribution in [0, 0.1) is 10.8 Å². The van der Waals surface area contributed by atoms with E-state index in [0.29, 0.717) is 27.6 Å². The van der Waals surface area contributed by atoms with Gasteiger partial charge in [0.05, 0.1) is 6.67 Å². The summed E-state index contributed by atoms with van der Waals surface area (Å²) in [5, 5.41) is 10.5. The quantitative estimate of drug-likeness (QED) is 0.602. The van der Waals surface area contributed by atoms with Gasteiger partial charge in [0.1, 0.15) is 0 Å². The summed E-state index contributed by atoms with van der Waals surface area (Å²) in [4.78, 5) is 19.0. The number of anilines is 1. The van der Waals surface area contributed by atoms with Gasteiger partial charge in [-0.3, -0.25) is 9.69 Å². The number of hydrogen-bond acceptors (Lipinski definition) is 7. The van der Waals surface area contributed by atoms with Crippen LogP contribution in [0.25, 0.3) is 11.5 Å². The summed E-state index contributed by atoms with van der Waals surface area (Å²) in [5.41, 5.74) is 0.787. The number of nitrogens with one attached hydrogen (secondary N) is 1. The molecule has 4 rings (SSSR count). The second-order valence-electron chi connectivity index (χ2n) is 6.54. The van der Waals surface area contributed by atoms with E-state index >= 15 is 0 Å². The van der Waals surface area contributed by atoms with Crippen LogP contribution < -0.4 is 5.32 Å². The number of benzene rings is 1. The molecule has 0 bridgehead atoms. The van der Waals surface area contributed by atoms with Gasteiger partial charge >= 0.3 is 0 Å². The highest BCUT2D eigenvalue weighted by Gasteiger charge is 2.26. The van der Waals surface area contributed by atoms with E-state index in [0.717, 1.165) is 31.5 Å². The van der Waals surface area contributed by atoms with Gasteiger partial charge in [-0.25, -0.2) is 9.67 Å². The summed E-state index contributed by atoms with van der Waals surface area (Å²) in [6.45, 7) is 2.11. The molecule has 1 aromatic carbocycles. The fourth-order valence-corrected chi connectivity index (χ4v) is 4.05. The monoisotopic (exact) mass is 435 g/mol. The van der Waals surface area contributed by atoms with Crippen LogP contribution in [0.5, 0.6) is 0 Å². The minimum atomic E-state index is -0.00699. The predicted molar refractivity (Wildman–Crippen MR) is 111 cm³/mol. The Morgan fingerprint density at radius 1 is 1.39 bits per heavy atom. The van der Waals surface area contributed by atoms with Crippen LogP contribution in [-0.4, -0.2) is 38.7 Å². The van der Waals surface area contributed by atoms with Crippen LogP contribution in [-0.2, 0) is 11.5 Å². The number of rotatable bonds is 5. The van der Waals surface area contributed by atoms with Gasteiger partial charge in [0.15, 0.2) is 5.13 Å². The largest absolute Gasteiger partial charge is 0.409 e. The van der Waals surface area contributed by atoms with Gasteiger partial charge < -0.3 is 9.73 Å². The zero-order valence-electron chi connectivity index (χ0n) is 14.9. The molecular weight excluding hydrogens is 418 g/mol. The van der Waals surface area contributed by atoms with E-state index < -0.39 is 0 Å². The molecule has 0 aliphatic carbocycles.